The van der Waals surface area contributed by atoms with E-state index in [9.17, 15) is 4.39 Å². The summed E-state index contributed by atoms with van der Waals surface area (Å²) in [5.74, 6) is 1.44. The van der Waals surface area contributed by atoms with Crippen molar-refractivity contribution in [2.75, 3.05) is 14.2 Å². The number of nitrogens with one attached hydrogen (secondary N) is 1. The summed E-state index contributed by atoms with van der Waals surface area (Å²) >= 11 is 1.16. The van der Waals surface area contributed by atoms with E-state index in [1.807, 2.05) is 18.2 Å². The second-order valence-electron chi connectivity index (χ2n) is 3.96. The van der Waals surface area contributed by atoms with Crippen molar-refractivity contribution in [2.45, 2.75) is 13.1 Å². The molecule has 1 N–H and O–H groups in total. The molecule has 0 bridgehead atoms. The average Bonchev–Trinajstić information content (AvgIpc) is 2.84. The highest BCUT2D eigenvalue weighted by atomic mass is 32.1. The molecule has 0 atom stereocenters. The van der Waals surface area contributed by atoms with Gasteiger partial charge in [-0.2, -0.15) is 4.39 Å². The van der Waals surface area contributed by atoms with Gasteiger partial charge in [0.1, 0.15) is 0 Å². The molecule has 3 nitrogen and oxygen atoms in total. The van der Waals surface area contributed by atoms with Crippen molar-refractivity contribution in [1.82, 2.24) is 5.32 Å². The van der Waals surface area contributed by atoms with Gasteiger partial charge < -0.3 is 14.8 Å². The summed E-state index contributed by atoms with van der Waals surface area (Å²) in [6, 6.07) is 9.02. The SMILES string of the molecule is COc1cccc(CNCc2ccc(F)s2)c1OC. The number of rotatable bonds is 6. The van der Waals surface area contributed by atoms with Crippen molar-refractivity contribution < 1.29 is 13.9 Å². The Bertz CT molecular complexity index is 542. The van der Waals surface area contributed by atoms with Crippen molar-refractivity contribution >= 4 is 11.3 Å². The number of benzene rings is 1. The lowest BCUT2D eigenvalue weighted by Gasteiger charge is -2.12. The summed E-state index contributed by atoms with van der Waals surface area (Å²) < 4.78 is 23.4. The van der Waals surface area contributed by atoms with Gasteiger partial charge in [0.15, 0.2) is 16.6 Å². The second kappa shape index (κ2) is 6.54. The molecule has 0 unspecified atom stereocenters. The molecule has 1 aromatic carbocycles. The fourth-order valence-corrected chi connectivity index (χ4v) is 2.56. The van der Waals surface area contributed by atoms with Crippen molar-refractivity contribution in [3.8, 4) is 11.5 Å². The van der Waals surface area contributed by atoms with Crippen LogP contribution in [0.2, 0.25) is 0 Å². The third-order valence-electron chi connectivity index (χ3n) is 2.73. The predicted molar refractivity (Wildman–Crippen MR) is 74.4 cm³/mol. The zero-order valence-corrected chi connectivity index (χ0v) is 11.7. The van der Waals surface area contributed by atoms with Gasteiger partial charge in [-0.1, -0.05) is 12.1 Å². The van der Waals surface area contributed by atoms with Crippen LogP contribution in [-0.2, 0) is 13.1 Å². The molecule has 0 saturated heterocycles. The smallest absolute Gasteiger partial charge is 0.176 e. The maximum absolute atomic E-state index is 12.8. The van der Waals surface area contributed by atoms with Crippen molar-refractivity contribution in [2.24, 2.45) is 0 Å². The fraction of sp³-hybridized carbons (Fsp3) is 0.286. The Morgan fingerprint density at radius 2 is 1.95 bits per heavy atom. The van der Waals surface area contributed by atoms with Crippen LogP contribution in [0, 0.1) is 5.13 Å². The minimum Gasteiger partial charge on any atom is -0.493 e. The molecule has 0 aliphatic heterocycles. The second-order valence-corrected chi connectivity index (χ2v) is 5.08. The Morgan fingerprint density at radius 3 is 2.58 bits per heavy atom. The Balaban J connectivity index is 1.99. The lowest BCUT2D eigenvalue weighted by Crippen LogP contribution is -2.12. The van der Waals surface area contributed by atoms with Gasteiger partial charge >= 0.3 is 0 Å². The number of ether oxygens (including phenoxy) is 2. The molecule has 0 fully saturated rings. The standard InChI is InChI=1S/C14H16FNO2S/c1-17-12-5-3-4-10(14(12)18-2)8-16-9-11-6-7-13(15)19-11/h3-7,16H,8-9H2,1-2H3. The summed E-state index contributed by atoms with van der Waals surface area (Å²) in [6.07, 6.45) is 0. The molecule has 5 heteroatoms. The number of thiophene rings is 1. The summed E-state index contributed by atoms with van der Waals surface area (Å²) in [7, 11) is 3.24. The highest BCUT2D eigenvalue weighted by Gasteiger charge is 2.09. The minimum absolute atomic E-state index is 0.157. The van der Waals surface area contributed by atoms with Crippen LogP contribution < -0.4 is 14.8 Å². The van der Waals surface area contributed by atoms with E-state index in [4.69, 9.17) is 9.47 Å². The van der Waals surface area contributed by atoms with Gasteiger partial charge in [-0.3, -0.25) is 0 Å². The van der Waals surface area contributed by atoms with E-state index in [0.717, 1.165) is 27.5 Å². The average molecular weight is 281 g/mol. The first-order valence-corrected chi connectivity index (χ1v) is 6.71. The number of hydrogen-bond acceptors (Lipinski definition) is 4. The Hall–Kier alpha value is -1.59. The van der Waals surface area contributed by atoms with Crippen LogP contribution in [0.5, 0.6) is 11.5 Å². The molecule has 2 rings (SSSR count). The molecule has 0 aliphatic carbocycles. The van der Waals surface area contributed by atoms with Gasteiger partial charge in [-0.05, 0) is 18.2 Å². The summed E-state index contributed by atoms with van der Waals surface area (Å²) in [5, 5.41) is 3.11. The molecule has 2 aromatic rings. The Kier molecular flexibility index (Phi) is 4.76. The Morgan fingerprint density at radius 1 is 1.11 bits per heavy atom. The third kappa shape index (κ3) is 3.45. The van der Waals surface area contributed by atoms with Gasteiger partial charge in [0.05, 0.1) is 14.2 Å². The quantitative estimate of drug-likeness (QED) is 0.882. The molecule has 0 amide bonds. The molecule has 0 radical (unpaired) electrons. The lowest BCUT2D eigenvalue weighted by atomic mass is 10.2. The van der Waals surface area contributed by atoms with Crippen LogP contribution in [0.1, 0.15) is 10.4 Å². The first-order valence-electron chi connectivity index (χ1n) is 5.89. The maximum Gasteiger partial charge on any atom is 0.176 e. The molecule has 1 heterocycles. The van der Waals surface area contributed by atoms with Gasteiger partial charge in [-0.15, -0.1) is 11.3 Å². The van der Waals surface area contributed by atoms with Crippen molar-refractivity contribution in [3.05, 3.63) is 45.9 Å². The monoisotopic (exact) mass is 281 g/mol. The number of para-hydroxylation sites is 1. The van der Waals surface area contributed by atoms with E-state index in [0.29, 0.717) is 18.8 Å². The summed E-state index contributed by atoms with van der Waals surface area (Å²) in [6.45, 7) is 1.27. The molecule has 0 saturated carbocycles. The van der Waals surface area contributed by atoms with E-state index in [1.165, 1.54) is 6.07 Å². The van der Waals surface area contributed by atoms with Crippen LogP contribution in [0.4, 0.5) is 4.39 Å². The van der Waals surface area contributed by atoms with Crippen LogP contribution in [0.15, 0.2) is 30.3 Å². The number of methoxy groups -OCH3 is 2. The van der Waals surface area contributed by atoms with Crippen LogP contribution in [0.3, 0.4) is 0 Å². The highest BCUT2D eigenvalue weighted by Crippen LogP contribution is 2.30. The van der Waals surface area contributed by atoms with E-state index in [-0.39, 0.29) is 5.13 Å². The van der Waals surface area contributed by atoms with E-state index < -0.39 is 0 Å². The molecule has 0 spiro atoms. The predicted octanol–water partition coefficient (Wildman–Crippen LogP) is 3.19. The molecular weight excluding hydrogens is 265 g/mol. The first kappa shape index (κ1) is 13.8. The largest absolute Gasteiger partial charge is 0.493 e. The van der Waals surface area contributed by atoms with Gasteiger partial charge in [-0.25, -0.2) is 0 Å². The number of halogens is 1. The maximum atomic E-state index is 12.8. The van der Waals surface area contributed by atoms with Gasteiger partial charge in [0.2, 0.25) is 0 Å². The van der Waals surface area contributed by atoms with Crippen LogP contribution >= 0.6 is 11.3 Å². The normalized spacial score (nSPS) is 10.5. The summed E-state index contributed by atoms with van der Waals surface area (Å²) in [4.78, 5) is 0.972. The molecule has 102 valence electrons. The molecule has 0 aliphatic rings. The number of hydrogen-bond donors (Lipinski definition) is 1. The van der Waals surface area contributed by atoms with Crippen molar-refractivity contribution in [3.63, 3.8) is 0 Å². The molecule has 19 heavy (non-hydrogen) atoms. The molecular formula is C14H16FNO2S. The zero-order chi connectivity index (χ0) is 13.7. The zero-order valence-electron chi connectivity index (χ0n) is 10.9. The summed E-state index contributed by atoms with van der Waals surface area (Å²) in [5.41, 5.74) is 1.01. The van der Waals surface area contributed by atoms with E-state index in [2.05, 4.69) is 5.32 Å². The Labute approximate surface area is 116 Å². The minimum atomic E-state index is -0.157. The molecule has 1 aromatic heterocycles. The first-order chi connectivity index (χ1) is 9.24. The van der Waals surface area contributed by atoms with Crippen LogP contribution in [-0.4, -0.2) is 14.2 Å². The highest BCUT2D eigenvalue weighted by molar-refractivity contribution is 7.10. The fourth-order valence-electron chi connectivity index (χ4n) is 1.86. The van der Waals surface area contributed by atoms with Gasteiger partial charge in [0, 0.05) is 23.5 Å². The van der Waals surface area contributed by atoms with Crippen LogP contribution in [0.25, 0.3) is 0 Å². The van der Waals surface area contributed by atoms with E-state index in [1.54, 1.807) is 20.3 Å². The lowest BCUT2D eigenvalue weighted by molar-refractivity contribution is 0.350. The van der Waals surface area contributed by atoms with E-state index >= 15 is 0 Å². The van der Waals surface area contributed by atoms with Gasteiger partial charge in [0.25, 0.3) is 0 Å². The topological polar surface area (TPSA) is 30.5 Å². The third-order valence-corrected chi connectivity index (χ3v) is 3.60. The van der Waals surface area contributed by atoms with Crippen molar-refractivity contribution in [1.29, 1.82) is 0 Å².